The van der Waals surface area contributed by atoms with E-state index in [0.29, 0.717) is 6.54 Å². The summed E-state index contributed by atoms with van der Waals surface area (Å²) < 4.78 is 5.80. The number of nitrogens with zero attached hydrogens (tertiary/aromatic N) is 1. The first-order valence-corrected chi connectivity index (χ1v) is 9.82. The largest absolute Gasteiger partial charge is 0.481 e. The number of rotatable bonds is 7. The highest BCUT2D eigenvalue weighted by molar-refractivity contribution is 5.80. The molecule has 4 heteroatoms. The number of nitrogens with one attached hydrogen (secondary N) is 1. The Balaban J connectivity index is 1.47. The Morgan fingerprint density at radius 1 is 1.04 bits per heavy atom. The summed E-state index contributed by atoms with van der Waals surface area (Å²) in [4.78, 5) is 14.8. The molecule has 1 aliphatic rings. The Labute approximate surface area is 162 Å². The number of ether oxygens (including phenoxy) is 1. The van der Waals surface area contributed by atoms with Gasteiger partial charge in [0.05, 0.1) is 0 Å². The maximum atomic E-state index is 12.3. The molecule has 144 valence electrons. The third-order valence-corrected chi connectivity index (χ3v) is 4.97. The molecular weight excluding hydrogens is 336 g/mol. The summed E-state index contributed by atoms with van der Waals surface area (Å²) in [5, 5.41) is 2.97. The molecule has 27 heavy (non-hydrogen) atoms. The SMILES string of the molecule is Cc1cc(C)cc(O[C@@H](C)C(=O)NCc2ccc(CN3CCCC3)cc2)c1. The molecule has 1 amide bonds. The fourth-order valence-corrected chi connectivity index (χ4v) is 3.55. The lowest BCUT2D eigenvalue weighted by Gasteiger charge is -2.16. The monoisotopic (exact) mass is 366 g/mol. The molecule has 1 fully saturated rings. The smallest absolute Gasteiger partial charge is 0.261 e. The summed E-state index contributed by atoms with van der Waals surface area (Å²) in [5.41, 5.74) is 4.70. The van der Waals surface area contributed by atoms with Crippen LogP contribution < -0.4 is 10.1 Å². The summed E-state index contributed by atoms with van der Waals surface area (Å²) in [6.45, 7) is 9.78. The molecular formula is C23H30N2O2. The zero-order chi connectivity index (χ0) is 19.2. The Kier molecular flexibility index (Phi) is 6.51. The first-order chi connectivity index (χ1) is 13.0. The number of carbonyl (C=O) groups is 1. The van der Waals surface area contributed by atoms with Gasteiger partial charge in [0.1, 0.15) is 5.75 Å². The predicted molar refractivity (Wildman–Crippen MR) is 109 cm³/mol. The average molecular weight is 367 g/mol. The number of amides is 1. The number of benzene rings is 2. The van der Waals surface area contributed by atoms with Gasteiger partial charge >= 0.3 is 0 Å². The molecule has 1 atom stereocenters. The molecule has 1 saturated heterocycles. The Morgan fingerprint density at radius 3 is 2.26 bits per heavy atom. The quantitative estimate of drug-likeness (QED) is 0.806. The van der Waals surface area contributed by atoms with Crippen LogP contribution in [0.3, 0.4) is 0 Å². The molecule has 0 aliphatic carbocycles. The van der Waals surface area contributed by atoms with Crippen LogP contribution in [-0.4, -0.2) is 30.0 Å². The van der Waals surface area contributed by atoms with Gasteiger partial charge in [-0.2, -0.15) is 0 Å². The van der Waals surface area contributed by atoms with Crippen LogP contribution in [0, 0.1) is 13.8 Å². The fourth-order valence-electron chi connectivity index (χ4n) is 3.55. The van der Waals surface area contributed by atoms with Gasteiger partial charge in [-0.25, -0.2) is 0 Å². The lowest BCUT2D eigenvalue weighted by molar-refractivity contribution is -0.127. The van der Waals surface area contributed by atoms with Crippen LogP contribution in [-0.2, 0) is 17.9 Å². The minimum Gasteiger partial charge on any atom is -0.481 e. The van der Waals surface area contributed by atoms with Crippen molar-refractivity contribution in [3.8, 4) is 5.75 Å². The topological polar surface area (TPSA) is 41.6 Å². The predicted octanol–water partition coefficient (Wildman–Crippen LogP) is 3.98. The van der Waals surface area contributed by atoms with Crippen molar-refractivity contribution in [2.45, 2.75) is 52.8 Å². The van der Waals surface area contributed by atoms with E-state index in [9.17, 15) is 4.79 Å². The molecule has 0 bridgehead atoms. The second kappa shape index (κ2) is 9.05. The lowest BCUT2D eigenvalue weighted by Crippen LogP contribution is -2.35. The summed E-state index contributed by atoms with van der Waals surface area (Å²) in [5.74, 6) is 0.636. The molecule has 1 N–H and O–H groups in total. The van der Waals surface area contributed by atoms with E-state index in [-0.39, 0.29) is 5.91 Å². The molecule has 0 saturated carbocycles. The third-order valence-electron chi connectivity index (χ3n) is 4.97. The molecule has 0 unspecified atom stereocenters. The van der Waals surface area contributed by atoms with Crippen LogP contribution in [0.25, 0.3) is 0 Å². The second-order valence-electron chi connectivity index (χ2n) is 7.60. The first-order valence-electron chi connectivity index (χ1n) is 9.82. The summed E-state index contributed by atoms with van der Waals surface area (Å²) in [6.07, 6.45) is 2.10. The van der Waals surface area contributed by atoms with Crippen molar-refractivity contribution in [3.05, 3.63) is 64.7 Å². The van der Waals surface area contributed by atoms with Crippen molar-refractivity contribution in [1.29, 1.82) is 0 Å². The van der Waals surface area contributed by atoms with Crippen molar-refractivity contribution >= 4 is 5.91 Å². The molecule has 2 aromatic carbocycles. The minimum absolute atomic E-state index is 0.102. The van der Waals surface area contributed by atoms with Crippen LogP contribution >= 0.6 is 0 Å². The van der Waals surface area contributed by atoms with E-state index in [4.69, 9.17) is 4.74 Å². The first kappa shape index (κ1) is 19.4. The Morgan fingerprint density at radius 2 is 1.63 bits per heavy atom. The van der Waals surface area contributed by atoms with Gasteiger partial charge in [0, 0.05) is 13.1 Å². The number of carbonyl (C=O) groups excluding carboxylic acids is 1. The number of aryl methyl sites for hydroxylation is 2. The van der Waals surface area contributed by atoms with Crippen LogP contribution in [0.4, 0.5) is 0 Å². The fraction of sp³-hybridized carbons (Fsp3) is 0.435. The van der Waals surface area contributed by atoms with Crippen LogP contribution in [0.2, 0.25) is 0 Å². The second-order valence-corrected chi connectivity index (χ2v) is 7.60. The summed E-state index contributed by atoms with van der Waals surface area (Å²) in [6, 6.07) is 14.5. The van der Waals surface area contributed by atoms with Gasteiger partial charge in [0.25, 0.3) is 5.91 Å². The summed E-state index contributed by atoms with van der Waals surface area (Å²) >= 11 is 0. The molecule has 3 rings (SSSR count). The number of hydrogen-bond donors (Lipinski definition) is 1. The van der Waals surface area contributed by atoms with E-state index in [1.54, 1.807) is 6.92 Å². The van der Waals surface area contributed by atoms with Gasteiger partial charge in [0.2, 0.25) is 0 Å². The Hall–Kier alpha value is -2.33. The third kappa shape index (κ3) is 5.83. The van der Waals surface area contributed by atoms with E-state index in [1.807, 2.05) is 26.0 Å². The van der Waals surface area contributed by atoms with Crippen molar-refractivity contribution in [1.82, 2.24) is 10.2 Å². The summed E-state index contributed by atoms with van der Waals surface area (Å²) in [7, 11) is 0. The average Bonchev–Trinajstić information content (AvgIpc) is 3.13. The molecule has 0 aromatic heterocycles. The highest BCUT2D eigenvalue weighted by Crippen LogP contribution is 2.18. The van der Waals surface area contributed by atoms with Crippen molar-refractivity contribution in [3.63, 3.8) is 0 Å². The standard InChI is InChI=1S/C23H30N2O2/c1-17-12-18(2)14-22(13-17)27-19(3)23(26)24-15-20-6-8-21(9-7-20)16-25-10-4-5-11-25/h6-9,12-14,19H,4-5,10-11,15-16H2,1-3H3,(H,24,26)/t19-/m0/s1. The van der Waals surface area contributed by atoms with Gasteiger partial charge in [-0.15, -0.1) is 0 Å². The van der Waals surface area contributed by atoms with Crippen molar-refractivity contribution < 1.29 is 9.53 Å². The Bertz CT molecular complexity index is 744. The van der Waals surface area contributed by atoms with Gasteiger partial charge in [-0.3, -0.25) is 9.69 Å². The van der Waals surface area contributed by atoms with Crippen LogP contribution in [0.5, 0.6) is 5.75 Å². The maximum absolute atomic E-state index is 12.3. The molecule has 0 spiro atoms. The maximum Gasteiger partial charge on any atom is 0.261 e. The lowest BCUT2D eigenvalue weighted by atomic mass is 10.1. The van der Waals surface area contributed by atoms with Gasteiger partial charge in [-0.05, 0) is 81.1 Å². The van der Waals surface area contributed by atoms with E-state index in [1.165, 1.54) is 31.5 Å². The normalized spacial score (nSPS) is 15.5. The van der Waals surface area contributed by atoms with Gasteiger partial charge in [0.15, 0.2) is 6.10 Å². The van der Waals surface area contributed by atoms with Crippen molar-refractivity contribution in [2.75, 3.05) is 13.1 Å². The van der Waals surface area contributed by atoms with Crippen molar-refractivity contribution in [2.24, 2.45) is 0 Å². The minimum atomic E-state index is -0.527. The highest BCUT2D eigenvalue weighted by atomic mass is 16.5. The van der Waals surface area contributed by atoms with Crippen LogP contribution in [0.1, 0.15) is 42.0 Å². The molecule has 2 aromatic rings. The molecule has 4 nitrogen and oxygen atoms in total. The van der Waals surface area contributed by atoms with E-state index >= 15 is 0 Å². The highest BCUT2D eigenvalue weighted by Gasteiger charge is 2.15. The van der Waals surface area contributed by atoms with E-state index in [2.05, 4.69) is 40.5 Å². The zero-order valence-electron chi connectivity index (χ0n) is 16.6. The molecule has 0 radical (unpaired) electrons. The van der Waals surface area contributed by atoms with Gasteiger partial charge < -0.3 is 10.1 Å². The van der Waals surface area contributed by atoms with E-state index in [0.717, 1.165) is 29.0 Å². The van der Waals surface area contributed by atoms with E-state index < -0.39 is 6.10 Å². The van der Waals surface area contributed by atoms with Crippen LogP contribution in [0.15, 0.2) is 42.5 Å². The molecule has 1 heterocycles. The molecule has 1 aliphatic heterocycles. The van der Waals surface area contributed by atoms with Gasteiger partial charge in [-0.1, -0.05) is 30.3 Å². The number of hydrogen-bond acceptors (Lipinski definition) is 3. The zero-order valence-corrected chi connectivity index (χ0v) is 16.6. The number of likely N-dealkylation sites (tertiary alicyclic amines) is 1.